The van der Waals surface area contributed by atoms with Crippen molar-refractivity contribution in [1.82, 2.24) is 14.5 Å². The summed E-state index contributed by atoms with van der Waals surface area (Å²) in [6.45, 7) is 8.00. The van der Waals surface area contributed by atoms with Gasteiger partial charge in [-0.25, -0.2) is 4.98 Å². The van der Waals surface area contributed by atoms with Crippen LogP contribution in [0.2, 0.25) is 5.02 Å². The van der Waals surface area contributed by atoms with Gasteiger partial charge in [0.2, 0.25) is 0 Å². The second kappa shape index (κ2) is 8.68. The fourth-order valence-corrected chi connectivity index (χ4v) is 4.65. The first-order valence-electron chi connectivity index (χ1n) is 10.6. The maximum Gasteiger partial charge on any atom is 0.256 e. The molecule has 4 rings (SSSR count). The summed E-state index contributed by atoms with van der Waals surface area (Å²) in [5.74, 6) is 0. The Morgan fingerprint density at radius 1 is 1.14 bits per heavy atom. The zero-order chi connectivity index (χ0) is 20.4. The third-order valence-corrected chi connectivity index (χ3v) is 6.11. The summed E-state index contributed by atoms with van der Waals surface area (Å²) < 4.78 is 1.82. The van der Waals surface area contributed by atoms with Crippen molar-refractivity contribution in [1.29, 1.82) is 0 Å². The Morgan fingerprint density at radius 3 is 2.66 bits per heavy atom. The Kier molecular flexibility index (Phi) is 6.02. The van der Waals surface area contributed by atoms with Crippen LogP contribution in [0.5, 0.6) is 0 Å². The van der Waals surface area contributed by atoms with Gasteiger partial charge >= 0.3 is 0 Å². The Hall–Kier alpha value is -2.17. The lowest BCUT2D eigenvalue weighted by atomic mass is 9.94. The highest BCUT2D eigenvalue weighted by Gasteiger charge is 2.19. The normalized spacial score (nSPS) is 14.7. The third kappa shape index (κ3) is 4.10. The van der Waals surface area contributed by atoms with Crippen LogP contribution in [0.1, 0.15) is 37.4 Å². The lowest BCUT2D eigenvalue weighted by Crippen LogP contribution is -2.27. The molecule has 0 saturated carbocycles. The first-order valence-corrected chi connectivity index (χ1v) is 11.0. The molecule has 0 N–H and O–H groups in total. The van der Waals surface area contributed by atoms with Crippen molar-refractivity contribution >= 4 is 22.6 Å². The molecule has 4 nitrogen and oxygen atoms in total. The lowest BCUT2D eigenvalue weighted by molar-refractivity contribution is 0.334. The highest BCUT2D eigenvalue weighted by molar-refractivity contribution is 6.30. The van der Waals surface area contributed by atoms with Gasteiger partial charge in [-0.3, -0.25) is 9.36 Å². The molecule has 1 fully saturated rings. The predicted octanol–water partition coefficient (Wildman–Crippen LogP) is 5.07. The van der Waals surface area contributed by atoms with Crippen LogP contribution in [0.3, 0.4) is 0 Å². The Morgan fingerprint density at radius 2 is 1.93 bits per heavy atom. The Labute approximate surface area is 177 Å². The molecule has 5 heteroatoms. The molecule has 29 heavy (non-hydrogen) atoms. The molecule has 0 aliphatic carbocycles. The molecule has 1 aromatic carbocycles. The molecule has 0 bridgehead atoms. The topological polar surface area (TPSA) is 38.1 Å². The van der Waals surface area contributed by atoms with E-state index < -0.39 is 0 Å². The summed E-state index contributed by atoms with van der Waals surface area (Å²) in [4.78, 5) is 20.7. The van der Waals surface area contributed by atoms with Crippen LogP contribution in [0.15, 0.2) is 41.2 Å². The average Bonchev–Trinajstić information content (AvgIpc) is 3.22. The van der Waals surface area contributed by atoms with E-state index in [9.17, 15) is 4.79 Å². The van der Waals surface area contributed by atoms with Crippen molar-refractivity contribution in [2.45, 2.75) is 46.1 Å². The number of aromatic nitrogens is 2. The van der Waals surface area contributed by atoms with Gasteiger partial charge in [-0.15, -0.1) is 0 Å². The molecule has 3 aromatic rings. The summed E-state index contributed by atoms with van der Waals surface area (Å²) in [6.07, 6.45) is 4.33. The van der Waals surface area contributed by atoms with Gasteiger partial charge in [0.1, 0.15) is 5.65 Å². The lowest BCUT2D eigenvalue weighted by Gasteiger charge is -2.19. The van der Waals surface area contributed by atoms with Gasteiger partial charge in [-0.1, -0.05) is 23.7 Å². The van der Waals surface area contributed by atoms with Crippen LogP contribution in [0, 0.1) is 6.92 Å². The van der Waals surface area contributed by atoms with Gasteiger partial charge in [0.15, 0.2) is 0 Å². The van der Waals surface area contributed by atoms with Crippen molar-refractivity contribution in [2.24, 2.45) is 0 Å². The van der Waals surface area contributed by atoms with Crippen molar-refractivity contribution in [3.05, 3.63) is 63.0 Å². The molecule has 0 unspecified atom stereocenters. The fourth-order valence-electron chi connectivity index (χ4n) is 4.46. The number of rotatable bonds is 6. The van der Waals surface area contributed by atoms with Gasteiger partial charge in [-0.2, -0.15) is 0 Å². The molecule has 1 saturated heterocycles. The molecule has 0 radical (unpaired) electrons. The number of nitrogens with zero attached hydrogens (tertiary/aromatic N) is 3. The number of likely N-dealkylation sites (tertiary alicyclic amines) is 1. The standard InChI is InChI=1S/C24H28ClN3O/c1-3-28-23-20(12-11-17(2)26-23)22(18-8-6-9-19(25)16-18)21(24(28)29)10-7-15-27-13-4-5-14-27/h6,8-9,11-12,16H,3-5,7,10,13-15H2,1-2H3. The van der Waals surface area contributed by atoms with Gasteiger partial charge < -0.3 is 4.90 Å². The molecule has 0 atom stereocenters. The van der Waals surface area contributed by atoms with Crippen molar-refractivity contribution in [3.63, 3.8) is 0 Å². The van der Waals surface area contributed by atoms with E-state index in [1.165, 1.54) is 25.9 Å². The maximum atomic E-state index is 13.5. The molecule has 152 valence electrons. The Bertz CT molecular complexity index is 1080. The molecular formula is C24H28ClN3O. The van der Waals surface area contributed by atoms with Crippen LogP contribution >= 0.6 is 11.6 Å². The van der Waals surface area contributed by atoms with Gasteiger partial charge in [0.25, 0.3) is 5.56 Å². The van der Waals surface area contributed by atoms with Gasteiger partial charge in [-0.05, 0) is 89.0 Å². The Balaban J connectivity index is 1.86. The number of aryl methyl sites for hydroxylation is 2. The summed E-state index contributed by atoms with van der Waals surface area (Å²) in [6, 6.07) is 11.9. The summed E-state index contributed by atoms with van der Waals surface area (Å²) in [5, 5.41) is 1.70. The SMILES string of the molecule is CCn1c(=O)c(CCCN2CCCC2)c(-c2cccc(Cl)c2)c2ccc(C)nc21. The molecule has 0 spiro atoms. The number of hydrogen-bond donors (Lipinski definition) is 0. The quantitative estimate of drug-likeness (QED) is 0.570. The molecule has 1 aliphatic rings. The predicted molar refractivity (Wildman–Crippen MR) is 121 cm³/mol. The molecule has 0 amide bonds. The second-order valence-corrected chi connectivity index (χ2v) is 8.33. The minimum Gasteiger partial charge on any atom is -0.303 e. The van der Waals surface area contributed by atoms with Crippen LogP contribution in [-0.2, 0) is 13.0 Å². The van der Waals surface area contributed by atoms with Crippen LogP contribution < -0.4 is 5.56 Å². The molecule has 2 aromatic heterocycles. The van der Waals surface area contributed by atoms with E-state index in [2.05, 4.69) is 11.0 Å². The molecule has 3 heterocycles. The average molecular weight is 410 g/mol. The fraction of sp³-hybridized carbons (Fsp3) is 0.417. The highest BCUT2D eigenvalue weighted by Crippen LogP contribution is 2.32. The van der Waals surface area contributed by atoms with E-state index in [1.807, 2.05) is 48.7 Å². The van der Waals surface area contributed by atoms with E-state index in [0.29, 0.717) is 11.6 Å². The largest absolute Gasteiger partial charge is 0.303 e. The first kappa shape index (κ1) is 20.1. The summed E-state index contributed by atoms with van der Waals surface area (Å²) in [5.41, 5.74) is 4.62. The first-order chi connectivity index (χ1) is 14.1. The van der Waals surface area contributed by atoms with Gasteiger partial charge in [0, 0.05) is 33.8 Å². The summed E-state index contributed by atoms with van der Waals surface area (Å²) >= 11 is 6.31. The van der Waals surface area contributed by atoms with Crippen LogP contribution in [0.4, 0.5) is 0 Å². The number of halogens is 1. The van der Waals surface area contributed by atoms with Crippen LogP contribution in [0.25, 0.3) is 22.2 Å². The highest BCUT2D eigenvalue weighted by atomic mass is 35.5. The smallest absolute Gasteiger partial charge is 0.256 e. The van der Waals surface area contributed by atoms with Crippen molar-refractivity contribution in [3.8, 4) is 11.1 Å². The maximum absolute atomic E-state index is 13.5. The monoisotopic (exact) mass is 409 g/mol. The van der Waals surface area contributed by atoms with E-state index in [-0.39, 0.29) is 5.56 Å². The van der Waals surface area contributed by atoms with E-state index in [1.54, 1.807) is 0 Å². The minimum absolute atomic E-state index is 0.0782. The summed E-state index contributed by atoms with van der Waals surface area (Å²) in [7, 11) is 0. The number of fused-ring (bicyclic) bond motifs is 1. The third-order valence-electron chi connectivity index (χ3n) is 5.87. The number of hydrogen-bond acceptors (Lipinski definition) is 3. The molecular weight excluding hydrogens is 382 g/mol. The molecule has 1 aliphatic heterocycles. The zero-order valence-electron chi connectivity index (χ0n) is 17.2. The van der Waals surface area contributed by atoms with Crippen molar-refractivity contribution in [2.75, 3.05) is 19.6 Å². The minimum atomic E-state index is 0.0782. The number of benzene rings is 1. The zero-order valence-corrected chi connectivity index (χ0v) is 18.0. The van der Waals surface area contributed by atoms with Crippen LogP contribution in [-0.4, -0.2) is 34.1 Å². The van der Waals surface area contributed by atoms with Crippen molar-refractivity contribution < 1.29 is 0 Å². The van der Waals surface area contributed by atoms with E-state index in [0.717, 1.165) is 52.8 Å². The van der Waals surface area contributed by atoms with Gasteiger partial charge in [0.05, 0.1) is 0 Å². The number of pyridine rings is 2. The van der Waals surface area contributed by atoms with E-state index in [4.69, 9.17) is 16.6 Å². The second-order valence-electron chi connectivity index (χ2n) is 7.89. The van der Waals surface area contributed by atoms with E-state index >= 15 is 0 Å².